The van der Waals surface area contributed by atoms with Crippen molar-refractivity contribution in [3.8, 4) is 0 Å². The predicted molar refractivity (Wildman–Crippen MR) is 75.2 cm³/mol. The molecular weight excluding hydrogens is 260 g/mol. The number of aliphatic hydroxyl groups is 2. The van der Waals surface area contributed by atoms with Crippen LogP contribution in [0.3, 0.4) is 0 Å². The molecule has 0 aromatic carbocycles. The van der Waals surface area contributed by atoms with Gasteiger partial charge in [0, 0.05) is 0 Å². The Hall–Kier alpha value is -0.910. The molecule has 0 saturated carbocycles. The first-order valence-electron chi connectivity index (χ1n) is 7.28. The number of carbonyl (C=O) groups excluding carboxylic acids is 1. The molecule has 0 aromatic heterocycles. The van der Waals surface area contributed by atoms with Crippen LogP contribution in [0.1, 0.15) is 45.4 Å². The first-order chi connectivity index (χ1) is 9.52. The van der Waals surface area contributed by atoms with E-state index in [2.05, 4.69) is 4.74 Å². The first kappa shape index (κ1) is 17.1. The van der Waals surface area contributed by atoms with Gasteiger partial charge in [-0.15, -0.1) is 0 Å². The summed E-state index contributed by atoms with van der Waals surface area (Å²) in [6, 6.07) is 0. The number of rotatable bonds is 7. The average Bonchev–Trinajstić information content (AvgIpc) is 2.41. The van der Waals surface area contributed by atoms with Crippen LogP contribution in [-0.2, 0) is 14.3 Å². The summed E-state index contributed by atoms with van der Waals surface area (Å²) < 4.78 is 10.3. The fraction of sp³-hybridized carbons (Fsp3) is 0.800. The number of carbonyl (C=O) groups is 1. The first-order valence-corrected chi connectivity index (χ1v) is 7.28. The van der Waals surface area contributed by atoms with Crippen molar-refractivity contribution >= 4 is 5.97 Å². The Bertz CT molecular complexity index is 313. The summed E-state index contributed by atoms with van der Waals surface area (Å²) >= 11 is 0. The number of unbranched alkanes of at least 4 members (excludes halogenated alkanes) is 1. The second kappa shape index (κ2) is 9.10. The standard InChI is InChI=1S/C15H26O5/c1-11(16)6-4-3-5-7-12-8-9-13(17)14(20-12)10-15(18)19-2/h5,7,11-14,16-17H,3-4,6,8-10H2,1-2H3/b7-5+/t11-,12-,13-,14-/m0/s1. The topological polar surface area (TPSA) is 76.0 Å². The maximum absolute atomic E-state index is 11.2. The highest BCUT2D eigenvalue weighted by Gasteiger charge is 2.30. The molecule has 1 heterocycles. The van der Waals surface area contributed by atoms with Gasteiger partial charge in [0.05, 0.1) is 37.9 Å². The third-order valence-electron chi connectivity index (χ3n) is 3.46. The van der Waals surface area contributed by atoms with E-state index in [-0.39, 0.29) is 24.6 Å². The SMILES string of the molecule is COC(=O)C[C@@H]1O[C@@H](/C=C/CCC[C@H](C)O)CC[C@@H]1O. The Morgan fingerprint density at radius 1 is 1.50 bits per heavy atom. The minimum absolute atomic E-state index is 0.0559. The van der Waals surface area contributed by atoms with Crippen molar-refractivity contribution < 1.29 is 24.5 Å². The fourth-order valence-electron chi connectivity index (χ4n) is 2.26. The lowest BCUT2D eigenvalue weighted by Gasteiger charge is -2.32. The minimum Gasteiger partial charge on any atom is -0.469 e. The molecule has 1 rings (SSSR count). The van der Waals surface area contributed by atoms with Crippen LogP contribution < -0.4 is 0 Å². The zero-order valence-electron chi connectivity index (χ0n) is 12.3. The number of methoxy groups -OCH3 is 1. The molecule has 1 saturated heterocycles. The number of aliphatic hydroxyl groups excluding tert-OH is 2. The van der Waals surface area contributed by atoms with E-state index < -0.39 is 12.2 Å². The van der Waals surface area contributed by atoms with Gasteiger partial charge >= 0.3 is 5.97 Å². The van der Waals surface area contributed by atoms with Gasteiger partial charge in [0.25, 0.3) is 0 Å². The van der Waals surface area contributed by atoms with Crippen LogP contribution in [0.2, 0.25) is 0 Å². The highest BCUT2D eigenvalue weighted by atomic mass is 16.5. The van der Waals surface area contributed by atoms with Crippen LogP contribution in [0.15, 0.2) is 12.2 Å². The fourth-order valence-corrected chi connectivity index (χ4v) is 2.26. The van der Waals surface area contributed by atoms with Crippen LogP contribution in [0.25, 0.3) is 0 Å². The molecule has 0 spiro atoms. The summed E-state index contributed by atoms with van der Waals surface area (Å²) in [6.07, 6.45) is 6.73. The lowest BCUT2D eigenvalue weighted by atomic mass is 9.98. The Morgan fingerprint density at radius 2 is 2.25 bits per heavy atom. The van der Waals surface area contributed by atoms with Gasteiger partial charge in [0.15, 0.2) is 0 Å². The lowest BCUT2D eigenvalue weighted by molar-refractivity contribution is -0.152. The third-order valence-corrected chi connectivity index (χ3v) is 3.46. The van der Waals surface area contributed by atoms with Crippen molar-refractivity contribution in [3.05, 3.63) is 12.2 Å². The monoisotopic (exact) mass is 286 g/mol. The molecule has 20 heavy (non-hydrogen) atoms. The number of esters is 1. The highest BCUT2D eigenvalue weighted by molar-refractivity contribution is 5.69. The van der Waals surface area contributed by atoms with Crippen LogP contribution >= 0.6 is 0 Å². The second-order valence-corrected chi connectivity index (χ2v) is 5.35. The summed E-state index contributed by atoms with van der Waals surface area (Å²) in [5.74, 6) is -0.365. The van der Waals surface area contributed by atoms with Crippen LogP contribution in [0.4, 0.5) is 0 Å². The summed E-state index contributed by atoms with van der Waals surface area (Å²) in [6.45, 7) is 1.78. The van der Waals surface area contributed by atoms with Gasteiger partial charge in [-0.1, -0.05) is 12.2 Å². The Kier molecular flexibility index (Phi) is 7.80. The van der Waals surface area contributed by atoms with Crippen molar-refractivity contribution in [3.63, 3.8) is 0 Å². The smallest absolute Gasteiger partial charge is 0.308 e. The predicted octanol–water partition coefficient (Wildman–Crippen LogP) is 1.57. The molecule has 0 amide bonds. The summed E-state index contributed by atoms with van der Waals surface area (Å²) in [5.41, 5.74) is 0. The van der Waals surface area contributed by atoms with Gasteiger partial charge < -0.3 is 19.7 Å². The summed E-state index contributed by atoms with van der Waals surface area (Å²) in [5, 5.41) is 19.0. The third kappa shape index (κ3) is 6.50. The van der Waals surface area contributed by atoms with Gasteiger partial charge in [0.2, 0.25) is 0 Å². The van der Waals surface area contributed by atoms with Crippen molar-refractivity contribution in [2.24, 2.45) is 0 Å². The van der Waals surface area contributed by atoms with E-state index in [0.717, 1.165) is 25.7 Å². The molecule has 0 unspecified atom stereocenters. The number of hydrogen-bond donors (Lipinski definition) is 2. The van der Waals surface area contributed by atoms with E-state index in [1.807, 2.05) is 12.2 Å². The highest BCUT2D eigenvalue weighted by Crippen LogP contribution is 2.23. The van der Waals surface area contributed by atoms with Gasteiger partial charge in [0.1, 0.15) is 0 Å². The van der Waals surface area contributed by atoms with Crippen molar-refractivity contribution in [1.29, 1.82) is 0 Å². The largest absolute Gasteiger partial charge is 0.469 e. The molecule has 1 aliphatic heterocycles. The van der Waals surface area contributed by atoms with Crippen LogP contribution in [-0.4, -0.2) is 47.7 Å². The number of ether oxygens (including phenoxy) is 2. The van der Waals surface area contributed by atoms with Crippen molar-refractivity contribution in [1.82, 2.24) is 0 Å². The molecule has 5 nitrogen and oxygen atoms in total. The van der Waals surface area contributed by atoms with Crippen molar-refractivity contribution in [2.75, 3.05) is 7.11 Å². The molecule has 0 radical (unpaired) electrons. The van der Waals surface area contributed by atoms with Crippen molar-refractivity contribution in [2.45, 2.75) is 69.9 Å². The molecule has 0 bridgehead atoms. The molecular formula is C15H26O5. The molecule has 0 aromatic rings. The quantitative estimate of drug-likeness (QED) is 0.422. The molecule has 1 aliphatic rings. The van der Waals surface area contributed by atoms with Crippen LogP contribution in [0.5, 0.6) is 0 Å². The Labute approximate surface area is 120 Å². The van der Waals surface area contributed by atoms with E-state index in [1.165, 1.54) is 7.11 Å². The van der Waals surface area contributed by atoms with Gasteiger partial charge in [-0.05, 0) is 39.0 Å². The van der Waals surface area contributed by atoms with E-state index in [0.29, 0.717) is 6.42 Å². The summed E-state index contributed by atoms with van der Waals surface area (Å²) in [7, 11) is 1.33. The average molecular weight is 286 g/mol. The summed E-state index contributed by atoms with van der Waals surface area (Å²) in [4.78, 5) is 11.2. The molecule has 1 fully saturated rings. The lowest BCUT2D eigenvalue weighted by Crippen LogP contribution is -2.39. The molecule has 5 heteroatoms. The Morgan fingerprint density at radius 3 is 2.90 bits per heavy atom. The number of hydrogen-bond acceptors (Lipinski definition) is 5. The van der Waals surface area contributed by atoms with E-state index in [1.54, 1.807) is 6.92 Å². The van der Waals surface area contributed by atoms with Gasteiger partial charge in [-0.3, -0.25) is 4.79 Å². The van der Waals surface area contributed by atoms with Gasteiger partial charge in [-0.25, -0.2) is 0 Å². The normalized spacial score (nSPS) is 28.5. The maximum Gasteiger partial charge on any atom is 0.308 e. The van der Waals surface area contributed by atoms with Gasteiger partial charge in [-0.2, -0.15) is 0 Å². The molecule has 4 atom stereocenters. The molecule has 2 N–H and O–H groups in total. The molecule has 116 valence electrons. The number of allylic oxidation sites excluding steroid dienone is 1. The Balaban J connectivity index is 2.32. The zero-order chi connectivity index (χ0) is 15.0. The van der Waals surface area contributed by atoms with E-state index in [4.69, 9.17) is 9.84 Å². The zero-order valence-corrected chi connectivity index (χ0v) is 12.3. The maximum atomic E-state index is 11.2. The van der Waals surface area contributed by atoms with E-state index in [9.17, 15) is 9.90 Å². The minimum atomic E-state index is -0.603. The second-order valence-electron chi connectivity index (χ2n) is 5.35. The molecule has 0 aliphatic carbocycles. The van der Waals surface area contributed by atoms with E-state index >= 15 is 0 Å². The van der Waals surface area contributed by atoms with Crippen LogP contribution in [0, 0.1) is 0 Å².